The maximum atomic E-state index is 12.9. The third-order valence-electron chi connectivity index (χ3n) is 3.22. The van der Waals surface area contributed by atoms with Gasteiger partial charge in [0.2, 0.25) is 0 Å². The monoisotopic (exact) mass is 302 g/mol. The van der Waals surface area contributed by atoms with Crippen molar-refractivity contribution in [1.82, 2.24) is 10.2 Å². The van der Waals surface area contributed by atoms with E-state index in [1.165, 1.54) is 12.1 Å². The van der Waals surface area contributed by atoms with Crippen molar-refractivity contribution in [1.29, 1.82) is 0 Å². The minimum Gasteiger partial charge on any atom is -0.480 e. The van der Waals surface area contributed by atoms with E-state index in [4.69, 9.17) is 5.11 Å². The molecule has 0 spiro atoms. The number of hydrogen-bond acceptors (Lipinski definition) is 3. The van der Waals surface area contributed by atoms with Gasteiger partial charge in [0.25, 0.3) is 5.91 Å². The number of piperazine rings is 1. The van der Waals surface area contributed by atoms with E-state index in [-0.39, 0.29) is 19.6 Å². The Kier molecular flexibility index (Phi) is 4.17. The first-order valence-corrected chi connectivity index (χ1v) is 6.22. The minimum atomic E-state index is -4.63. The van der Waals surface area contributed by atoms with Gasteiger partial charge in [-0.25, -0.2) is 0 Å². The van der Waals surface area contributed by atoms with Crippen LogP contribution in [0.15, 0.2) is 24.3 Å². The average molecular weight is 302 g/mol. The van der Waals surface area contributed by atoms with Gasteiger partial charge in [-0.3, -0.25) is 9.59 Å². The molecule has 0 saturated carbocycles. The second-order valence-electron chi connectivity index (χ2n) is 4.64. The molecule has 2 N–H and O–H groups in total. The van der Waals surface area contributed by atoms with Crippen molar-refractivity contribution in [3.8, 4) is 0 Å². The van der Waals surface area contributed by atoms with E-state index in [9.17, 15) is 22.8 Å². The Morgan fingerprint density at radius 1 is 1.29 bits per heavy atom. The molecule has 1 heterocycles. The summed E-state index contributed by atoms with van der Waals surface area (Å²) in [4.78, 5) is 24.3. The zero-order chi connectivity index (χ0) is 15.6. The second-order valence-corrected chi connectivity index (χ2v) is 4.64. The van der Waals surface area contributed by atoms with Crippen LogP contribution in [0, 0.1) is 0 Å². The summed E-state index contributed by atoms with van der Waals surface area (Å²) in [6, 6.07) is 3.52. The van der Waals surface area contributed by atoms with Gasteiger partial charge in [0.15, 0.2) is 0 Å². The molecule has 1 saturated heterocycles. The highest BCUT2D eigenvalue weighted by Crippen LogP contribution is 2.32. The van der Waals surface area contributed by atoms with Crippen LogP contribution in [0.25, 0.3) is 0 Å². The maximum Gasteiger partial charge on any atom is 0.417 e. The third kappa shape index (κ3) is 3.33. The first-order valence-electron chi connectivity index (χ1n) is 6.22. The number of benzene rings is 1. The van der Waals surface area contributed by atoms with E-state index in [0.717, 1.165) is 17.0 Å². The Morgan fingerprint density at radius 3 is 2.57 bits per heavy atom. The van der Waals surface area contributed by atoms with Gasteiger partial charge in [-0.2, -0.15) is 13.2 Å². The first-order chi connectivity index (χ1) is 9.80. The lowest BCUT2D eigenvalue weighted by Crippen LogP contribution is -2.55. The highest BCUT2D eigenvalue weighted by atomic mass is 19.4. The molecule has 114 valence electrons. The van der Waals surface area contributed by atoms with Crippen LogP contribution in [0.2, 0.25) is 0 Å². The van der Waals surface area contributed by atoms with E-state index >= 15 is 0 Å². The van der Waals surface area contributed by atoms with Gasteiger partial charge in [-0.15, -0.1) is 0 Å². The van der Waals surface area contributed by atoms with Gasteiger partial charge in [-0.1, -0.05) is 12.1 Å². The normalized spacial score (nSPS) is 19.4. The third-order valence-corrected chi connectivity index (χ3v) is 3.22. The van der Waals surface area contributed by atoms with Crippen molar-refractivity contribution in [2.24, 2.45) is 0 Å². The van der Waals surface area contributed by atoms with Crippen LogP contribution in [0.1, 0.15) is 15.9 Å². The largest absolute Gasteiger partial charge is 0.480 e. The van der Waals surface area contributed by atoms with Crippen molar-refractivity contribution >= 4 is 11.9 Å². The highest BCUT2D eigenvalue weighted by Gasteiger charge is 2.37. The fourth-order valence-corrected chi connectivity index (χ4v) is 2.19. The number of nitrogens with one attached hydrogen (secondary N) is 1. The molecule has 1 fully saturated rings. The number of carbonyl (C=O) groups excluding carboxylic acids is 1. The Balaban J connectivity index is 2.26. The Hall–Kier alpha value is -2.09. The minimum absolute atomic E-state index is 0.162. The lowest BCUT2D eigenvalue weighted by molar-refractivity contribution is -0.141. The van der Waals surface area contributed by atoms with Gasteiger partial charge in [0.05, 0.1) is 11.1 Å². The smallest absolute Gasteiger partial charge is 0.417 e. The van der Waals surface area contributed by atoms with Crippen LogP contribution in [0.5, 0.6) is 0 Å². The summed E-state index contributed by atoms with van der Waals surface area (Å²) in [7, 11) is 0. The SMILES string of the molecule is O=C(O)C1CN(C(=O)c2ccccc2C(F)(F)F)CCN1. The lowest BCUT2D eigenvalue weighted by Gasteiger charge is -2.32. The number of carboxylic acid groups (broad SMARTS) is 1. The Morgan fingerprint density at radius 2 is 1.95 bits per heavy atom. The number of aliphatic carboxylic acids is 1. The van der Waals surface area contributed by atoms with E-state index in [2.05, 4.69) is 5.32 Å². The van der Waals surface area contributed by atoms with Crippen molar-refractivity contribution in [2.75, 3.05) is 19.6 Å². The molecule has 8 heteroatoms. The van der Waals surface area contributed by atoms with Crippen LogP contribution >= 0.6 is 0 Å². The van der Waals surface area contributed by atoms with Crippen LogP contribution < -0.4 is 5.32 Å². The molecule has 0 aromatic heterocycles. The summed E-state index contributed by atoms with van der Waals surface area (Å²) in [6.45, 7) is 0.214. The number of carboxylic acids is 1. The molecule has 1 aromatic carbocycles. The molecule has 1 amide bonds. The van der Waals surface area contributed by atoms with Crippen LogP contribution in [-0.2, 0) is 11.0 Å². The fourth-order valence-electron chi connectivity index (χ4n) is 2.19. The molecule has 0 bridgehead atoms. The summed E-state index contributed by atoms with van der Waals surface area (Å²) in [5.74, 6) is -1.95. The predicted octanol–water partition coefficient (Wildman–Crippen LogP) is 1.20. The highest BCUT2D eigenvalue weighted by molar-refractivity contribution is 5.96. The zero-order valence-electron chi connectivity index (χ0n) is 10.9. The lowest BCUT2D eigenvalue weighted by atomic mass is 10.0. The maximum absolute atomic E-state index is 12.9. The van der Waals surface area contributed by atoms with Crippen molar-refractivity contribution in [2.45, 2.75) is 12.2 Å². The van der Waals surface area contributed by atoms with Gasteiger partial charge in [0.1, 0.15) is 6.04 Å². The fraction of sp³-hybridized carbons (Fsp3) is 0.385. The summed E-state index contributed by atoms with van der Waals surface area (Å²) in [6.07, 6.45) is -4.63. The standard InChI is InChI=1S/C13H13F3N2O3/c14-13(15,16)9-4-2-1-3-8(9)11(19)18-6-5-17-10(7-18)12(20)21/h1-4,10,17H,5-7H2,(H,20,21). The average Bonchev–Trinajstić information content (AvgIpc) is 2.45. The summed E-state index contributed by atoms with van der Waals surface area (Å²) in [5.41, 5.74) is -1.48. The zero-order valence-corrected chi connectivity index (χ0v) is 10.9. The molecule has 1 aromatic rings. The van der Waals surface area contributed by atoms with Crippen molar-refractivity contribution in [3.05, 3.63) is 35.4 Å². The van der Waals surface area contributed by atoms with Gasteiger partial charge >= 0.3 is 12.1 Å². The van der Waals surface area contributed by atoms with E-state index in [1.54, 1.807) is 0 Å². The Labute approximate surface area is 118 Å². The first kappa shape index (κ1) is 15.3. The number of alkyl halides is 3. The number of halogens is 3. The number of amides is 1. The van der Waals surface area contributed by atoms with Crippen LogP contribution in [0.4, 0.5) is 13.2 Å². The molecule has 1 aliphatic heterocycles. The van der Waals surface area contributed by atoms with Crippen molar-refractivity contribution < 1.29 is 27.9 Å². The summed E-state index contributed by atoms with van der Waals surface area (Å²) < 4.78 is 38.7. The molecule has 1 unspecified atom stereocenters. The predicted molar refractivity (Wildman–Crippen MR) is 66.8 cm³/mol. The topological polar surface area (TPSA) is 69.6 Å². The molecular formula is C13H13F3N2O3. The number of rotatable bonds is 2. The van der Waals surface area contributed by atoms with Gasteiger partial charge in [0, 0.05) is 19.6 Å². The molecule has 1 atom stereocenters. The quantitative estimate of drug-likeness (QED) is 0.861. The number of hydrogen-bond donors (Lipinski definition) is 2. The molecule has 2 rings (SSSR count). The summed E-state index contributed by atoms with van der Waals surface area (Å²) >= 11 is 0. The molecule has 0 radical (unpaired) electrons. The van der Waals surface area contributed by atoms with E-state index < -0.39 is 35.2 Å². The molecule has 0 aliphatic carbocycles. The number of carbonyl (C=O) groups is 2. The molecular weight excluding hydrogens is 289 g/mol. The van der Waals surface area contributed by atoms with Gasteiger partial charge in [-0.05, 0) is 12.1 Å². The Bertz CT molecular complexity index is 560. The number of nitrogens with zero attached hydrogens (tertiary/aromatic N) is 1. The second kappa shape index (κ2) is 5.72. The molecule has 21 heavy (non-hydrogen) atoms. The van der Waals surface area contributed by atoms with E-state index in [0.29, 0.717) is 0 Å². The van der Waals surface area contributed by atoms with E-state index in [1.807, 2.05) is 0 Å². The molecule has 1 aliphatic rings. The van der Waals surface area contributed by atoms with Crippen LogP contribution in [0.3, 0.4) is 0 Å². The molecule has 5 nitrogen and oxygen atoms in total. The van der Waals surface area contributed by atoms with Crippen molar-refractivity contribution in [3.63, 3.8) is 0 Å². The summed E-state index contributed by atoms with van der Waals surface area (Å²) in [5, 5.41) is 11.6. The van der Waals surface area contributed by atoms with Crippen LogP contribution in [-0.4, -0.2) is 47.6 Å². The van der Waals surface area contributed by atoms with Gasteiger partial charge < -0.3 is 15.3 Å².